The maximum Gasteiger partial charge on any atom is 0.197 e. The number of hydrogen-bond acceptors (Lipinski definition) is 5. The third-order valence-corrected chi connectivity index (χ3v) is 4.33. The van der Waals surface area contributed by atoms with Crippen molar-refractivity contribution in [1.29, 1.82) is 0 Å². The van der Waals surface area contributed by atoms with Crippen LogP contribution in [0.15, 0.2) is 57.8 Å². The summed E-state index contributed by atoms with van der Waals surface area (Å²) in [4.78, 5) is 14.6. The Morgan fingerprint density at radius 3 is 3.04 bits per heavy atom. The van der Waals surface area contributed by atoms with Crippen molar-refractivity contribution in [2.45, 2.75) is 26.4 Å². The van der Waals surface area contributed by atoms with Gasteiger partial charge in [-0.2, -0.15) is 0 Å². The maximum absolute atomic E-state index is 12.5. The third-order valence-electron chi connectivity index (χ3n) is 4.33. The van der Waals surface area contributed by atoms with Crippen LogP contribution in [-0.2, 0) is 6.54 Å². The smallest absolute Gasteiger partial charge is 0.197 e. The first-order chi connectivity index (χ1) is 11.6. The number of rotatable bonds is 5. The van der Waals surface area contributed by atoms with E-state index in [9.17, 15) is 9.90 Å². The van der Waals surface area contributed by atoms with Gasteiger partial charge in [0.2, 0.25) is 0 Å². The molecule has 0 bridgehead atoms. The van der Waals surface area contributed by atoms with Crippen LogP contribution in [0.4, 0.5) is 0 Å². The molecular weight excluding hydrogens is 304 g/mol. The van der Waals surface area contributed by atoms with Gasteiger partial charge >= 0.3 is 0 Å². The molecule has 24 heavy (non-hydrogen) atoms. The van der Waals surface area contributed by atoms with E-state index in [0.717, 1.165) is 12.1 Å². The van der Waals surface area contributed by atoms with Crippen LogP contribution < -0.4 is 10.7 Å². The van der Waals surface area contributed by atoms with Crippen LogP contribution in [0.2, 0.25) is 0 Å². The Bertz CT molecular complexity index is 851. The summed E-state index contributed by atoms with van der Waals surface area (Å²) in [7, 11) is 0. The molecule has 2 aromatic rings. The summed E-state index contributed by atoms with van der Waals surface area (Å²) >= 11 is 0. The Morgan fingerprint density at radius 2 is 2.21 bits per heavy atom. The van der Waals surface area contributed by atoms with Crippen LogP contribution in [-0.4, -0.2) is 29.1 Å². The second-order valence-electron chi connectivity index (χ2n) is 6.11. The molecule has 0 radical (unpaired) electrons. The average Bonchev–Trinajstić information content (AvgIpc) is 2.57. The molecule has 2 N–H and O–H groups in total. The summed E-state index contributed by atoms with van der Waals surface area (Å²) in [5.74, 6) is 0.364. The molecule has 0 amide bonds. The van der Waals surface area contributed by atoms with Crippen molar-refractivity contribution in [3.8, 4) is 0 Å². The fourth-order valence-electron chi connectivity index (χ4n) is 2.80. The van der Waals surface area contributed by atoms with Gasteiger partial charge < -0.3 is 19.7 Å². The van der Waals surface area contributed by atoms with Gasteiger partial charge in [0.05, 0.1) is 17.7 Å². The number of nitrogens with one attached hydrogen (secondary N) is 1. The molecule has 1 aromatic carbocycles. The first kappa shape index (κ1) is 16.3. The summed E-state index contributed by atoms with van der Waals surface area (Å²) in [6.07, 6.45) is 7.02. The molecule has 0 fully saturated rings. The topological polar surface area (TPSA) is 65.7 Å². The summed E-state index contributed by atoms with van der Waals surface area (Å²) in [5, 5.41) is 13.6. The minimum Gasteiger partial charge on any atom is -0.510 e. The van der Waals surface area contributed by atoms with Crippen molar-refractivity contribution in [2.24, 2.45) is 0 Å². The van der Waals surface area contributed by atoms with E-state index in [2.05, 4.69) is 10.2 Å². The van der Waals surface area contributed by atoms with Crippen LogP contribution in [0.3, 0.4) is 0 Å². The Morgan fingerprint density at radius 1 is 1.38 bits per heavy atom. The van der Waals surface area contributed by atoms with E-state index in [1.54, 1.807) is 6.08 Å². The van der Waals surface area contributed by atoms with Crippen molar-refractivity contribution in [2.75, 3.05) is 13.1 Å². The van der Waals surface area contributed by atoms with Gasteiger partial charge in [0.1, 0.15) is 11.3 Å². The highest BCUT2D eigenvalue weighted by atomic mass is 16.3. The van der Waals surface area contributed by atoms with Crippen LogP contribution in [0.5, 0.6) is 0 Å². The molecular formula is C19H22N2O3. The molecule has 126 valence electrons. The van der Waals surface area contributed by atoms with E-state index in [4.69, 9.17) is 4.42 Å². The quantitative estimate of drug-likeness (QED) is 0.827. The summed E-state index contributed by atoms with van der Waals surface area (Å²) < 4.78 is 5.55. The van der Waals surface area contributed by atoms with Gasteiger partial charge in [-0.05, 0) is 44.3 Å². The molecule has 1 unspecified atom stereocenters. The number of hydrogen-bond donors (Lipinski definition) is 2. The van der Waals surface area contributed by atoms with Gasteiger partial charge in [-0.25, -0.2) is 0 Å². The van der Waals surface area contributed by atoms with Crippen molar-refractivity contribution >= 4 is 11.0 Å². The third kappa shape index (κ3) is 3.36. The summed E-state index contributed by atoms with van der Waals surface area (Å²) in [6, 6.07) is 5.60. The molecule has 1 aromatic heterocycles. The highest BCUT2D eigenvalue weighted by Gasteiger charge is 2.16. The summed E-state index contributed by atoms with van der Waals surface area (Å²) in [6.45, 7) is 5.82. The molecule has 0 saturated heterocycles. The molecule has 2 heterocycles. The molecule has 0 aliphatic carbocycles. The molecule has 5 nitrogen and oxygen atoms in total. The number of benzene rings is 1. The van der Waals surface area contributed by atoms with E-state index < -0.39 is 0 Å². The van der Waals surface area contributed by atoms with Crippen molar-refractivity contribution < 1.29 is 9.52 Å². The van der Waals surface area contributed by atoms with Gasteiger partial charge in [-0.1, -0.05) is 11.6 Å². The number of fused-ring (bicyclic) bond motifs is 1. The molecule has 1 atom stereocenters. The highest BCUT2D eigenvalue weighted by Crippen LogP contribution is 2.14. The zero-order valence-electron chi connectivity index (χ0n) is 14.0. The van der Waals surface area contributed by atoms with Crippen LogP contribution in [0, 0.1) is 6.92 Å². The zero-order valence-corrected chi connectivity index (χ0v) is 14.0. The number of aryl methyl sites for hydroxylation is 1. The number of aliphatic hydroxyl groups excluding tert-OH is 1. The Hall–Kier alpha value is -2.53. The lowest BCUT2D eigenvalue weighted by atomic mass is 10.1. The first-order valence-electron chi connectivity index (χ1n) is 8.11. The van der Waals surface area contributed by atoms with E-state index >= 15 is 0 Å². The SMILES string of the molecule is Cc1ccc2occ(CNCCN3C=CC=C(O)C3C)c(=O)c2c1. The lowest BCUT2D eigenvalue weighted by Gasteiger charge is -2.29. The summed E-state index contributed by atoms with van der Waals surface area (Å²) in [5.41, 5.74) is 2.29. The fraction of sp³-hybridized carbons (Fsp3) is 0.316. The standard InChI is InChI=1S/C19H22N2O3/c1-13-5-6-18-16(10-13)19(23)15(12-24-18)11-20-7-9-21-8-3-4-17(22)14(21)2/h3-6,8,10,12,14,20,22H,7,9,11H2,1-2H3. The van der Waals surface area contributed by atoms with Gasteiger partial charge in [0.15, 0.2) is 5.43 Å². The van der Waals surface area contributed by atoms with E-state index in [-0.39, 0.29) is 11.5 Å². The molecule has 3 rings (SSSR count). The van der Waals surface area contributed by atoms with Crippen molar-refractivity contribution in [3.63, 3.8) is 0 Å². The number of nitrogens with zero attached hydrogens (tertiary/aromatic N) is 1. The second-order valence-corrected chi connectivity index (χ2v) is 6.11. The average molecular weight is 326 g/mol. The minimum absolute atomic E-state index is 0.0132. The molecule has 5 heteroatoms. The van der Waals surface area contributed by atoms with Crippen LogP contribution >= 0.6 is 0 Å². The lowest BCUT2D eigenvalue weighted by molar-refractivity contribution is 0.240. The molecule has 0 saturated carbocycles. The Balaban J connectivity index is 1.60. The first-order valence-corrected chi connectivity index (χ1v) is 8.11. The van der Waals surface area contributed by atoms with Gasteiger partial charge in [-0.3, -0.25) is 4.79 Å². The van der Waals surface area contributed by atoms with Gasteiger partial charge in [0, 0.05) is 25.2 Å². The normalized spacial score (nSPS) is 17.3. The predicted molar refractivity (Wildman–Crippen MR) is 94.9 cm³/mol. The predicted octanol–water partition coefficient (Wildman–Crippen LogP) is 2.85. The van der Waals surface area contributed by atoms with Gasteiger partial charge in [-0.15, -0.1) is 0 Å². The second kappa shape index (κ2) is 6.93. The van der Waals surface area contributed by atoms with Crippen LogP contribution in [0.25, 0.3) is 11.0 Å². The number of allylic oxidation sites excluding steroid dienone is 2. The number of aliphatic hydroxyl groups is 1. The van der Waals surface area contributed by atoms with E-state index in [0.29, 0.717) is 35.4 Å². The Labute approximate surface area is 140 Å². The lowest BCUT2D eigenvalue weighted by Crippen LogP contribution is -2.37. The van der Waals surface area contributed by atoms with Crippen molar-refractivity contribution in [3.05, 3.63) is 69.9 Å². The monoisotopic (exact) mass is 326 g/mol. The van der Waals surface area contributed by atoms with Crippen LogP contribution in [0.1, 0.15) is 18.1 Å². The zero-order chi connectivity index (χ0) is 17.1. The maximum atomic E-state index is 12.5. The van der Waals surface area contributed by atoms with E-state index in [1.807, 2.05) is 44.3 Å². The largest absolute Gasteiger partial charge is 0.510 e. The van der Waals surface area contributed by atoms with E-state index in [1.165, 1.54) is 6.26 Å². The van der Waals surface area contributed by atoms with Gasteiger partial charge in [0.25, 0.3) is 0 Å². The fourth-order valence-corrected chi connectivity index (χ4v) is 2.80. The Kier molecular flexibility index (Phi) is 4.71. The minimum atomic E-state index is -0.0227. The molecule has 1 aliphatic rings. The molecule has 1 aliphatic heterocycles. The molecule has 0 spiro atoms. The highest BCUT2D eigenvalue weighted by molar-refractivity contribution is 5.77. The van der Waals surface area contributed by atoms with Crippen molar-refractivity contribution in [1.82, 2.24) is 10.2 Å².